The summed E-state index contributed by atoms with van der Waals surface area (Å²) in [7, 11) is 0. The normalized spacial score (nSPS) is 12.8. The van der Waals surface area contributed by atoms with Crippen molar-refractivity contribution in [1.29, 1.82) is 0 Å². The molecular weight excluding hydrogens is 246 g/mol. The fraction of sp³-hybridized carbons (Fsp3) is 0.429. The summed E-state index contributed by atoms with van der Waals surface area (Å²) in [4.78, 5) is 23.1. The van der Waals surface area contributed by atoms with E-state index in [2.05, 4.69) is 0 Å². The average molecular weight is 265 g/mol. The molecule has 0 bridgehead atoms. The molecule has 0 spiro atoms. The molecule has 0 aromatic heterocycles. The van der Waals surface area contributed by atoms with Gasteiger partial charge in [-0.2, -0.15) is 0 Å². The number of esters is 1. The zero-order valence-corrected chi connectivity index (χ0v) is 11.1. The van der Waals surface area contributed by atoms with Gasteiger partial charge in [0.05, 0.1) is 0 Å². The van der Waals surface area contributed by atoms with Crippen LogP contribution in [0.25, 0.3) is 0 Å². The van der Waals surface area contributed by atoms with Crippen molar-refractivity contribution >= 4 is 11.9 Å². The molecule has 0 aliphatic carbocycles. The minimum atomic E-state index is -1.26. The molecule has 0 aliphatic rings. The number of benzene rings is 1. The topological polar surface area (TPSA) is 89.6 Å². The first-order valence-corrected chi connectivity index (χ1v) is 6.02. The Balaban J connectivity index is 2.71. The van der Waals surface area contributed by atoms with Gasteiger partial charge in [-0.25, -0.2) is 0 Å². The van der Waals surface area contributed by atoms with Gasteiger partial charge in [-0.15, -0.1) is 0 Å². The first kappa shape index (κ1) is 15.2. The Bertz CT molecular complexity index is 442. The number of carboxylic acid groups (broad SMARTS) is 1. The fourth-order valence-electron chi connectivity index (χ4n) is 1.68. The van der Waals surface area contributed by atoms with Crippen molar-refractivity contribution < 1.29 is 19.4 Å². The maximum Gasteiger partial charge on any atom is 0.321 e. The van der Waals surface area contributed by atoms with Crippen LogP contribution in [-0.2, 0) is 20.9 Å². The highest BCUT2D eigenvalue weighted by atomic mass is 16.5. The predicted octanol–water partition coefficient (Wildman–Crippen LogP) is 1.42. The van der Waals surface area contributed by atoms with Crippen LogP contribution in [0.1, 0.15) is 19.4 Å². The first-order valence-electron chi connectivity index (χ1n) is 6.02. The second-order valence-corrected chi connectivity index (χ2v) is 5.06. The lowest BCUT2D eigenvalue weighted by Crippen LogP contribution is -2.42. The number of hydrogen-bond acceptors (Lipinski definition) is 4. The van der Waals surface area contributed by atoms with E-state index in [1.807, 2.05) is 18.2 Å². The van der Waals surface area contributed by atoms with Gasteiger partial charge in [0, 0.05) is 5.41 Å². The van der Waals surface area contributed by atoms with Crippen LogP contribution < -0.4 is 5.73 Å². The van der Waals surface area contributed by atoms with Gasteiger partial charge in [-0.1, -0.05) is 44.2 Å². The molecule has 0 fully saturated rings. The molecule has 0 saturated carbocycles. The number of carboxylic acids is 1. The molecule has 1 rings (SSSR count). The van der Waals surface area contributed by atoms with Crippen molar-refractivity contribution in [3.8, 4) is 0 Å². The second-order valence-electron chi connectivity index (χ2n) is 5.06. The van der Waals surface area contributed by atoms with Gasteiger partial charge in [0.2, 0.25) is 0 Å². The van der Waals surface area contributed by atoms with Gasteiger partial charge in [0.15, 0.2) is 5.92 Å². The van der Waals surface area contributed by atoms with Crippen LogP contribution in [0.4, 0.5) is 0 Å². The van der Waals surface area contributed by atoms with Crippen LogP contribution in [0, 0.1) is 11.3 Å². The first-order chi connectivity index (χ1) is 8.88. The summed E-state index contributed by atoms with van der Waals surface area (Å²) in [5, 5.41) is 9.15. The van der Waals surface area contributed by atoms with Crippen molar-refractivity contribution in [2.24, 2.45) is 17.1 Å². The SMILES string of the molecule is CC(C)(CN)C(C(=O)O)C(=O)OCc1ccccc1. The molecule has 1 aromatic carbocycles. The Morgan fingerprint density at radius 1 is 1.32 bits per heavy atom. The second kappa shape index (κ2) is 6.33. The van der Waals surface area contributed by atoms with E-state index in [-0.39, 0.29) is 13.2 Å². The Labute approximate surface area is 112 Å². The summed E-state index contributed by atoms with van der Waals surface area (Å²) in [5.74, 6) is -3.23. The minimum absolute atomic E-state index is 0.0596. The summed E-state index contributed by atoms with van der Waals surface area (Å²) >= 11 is 0. The summed E-state index contributed by atoms with van der Waals surface area (Å²) in [6, 6.07) is 9.10. The molecule has 0 radical (unpaired) electrons. The molecule has 0 amide bonds. The predicted molar refractivity (Wildman–Crippen MR) is 70.2 cm³/mol. The van der Waals surface area contributed by atoms with Gasteiger partial charge in [-0.3, -0.25) is 9.59 Å². The van der Waals surface area contributed by atoms with E-state index in [4.69, 9.17) is 15.6 Å². The van der Waals surface area contributed by atoms with E-state index in [1.54, 1.807) is 26.0 Å². The third-order valence-electron chi connectivity index (χ3n) is 3.01. The Kier molecular flexibility index (Phi) is 5.06. The van der Waals surface area contributed by atoms with Gasteiger partial charge < -0.3 is 15.6 Å². The molecule has 5 heteroatoms. The monoisotopic (exact) mass is 265 g/mol. The minimum Gasteiger partial charge on any atom is -0.481 e. The van der Waals surface area contributed by atoms with Crippen molar-refractivity contribution in [3.63, 3.8) is 0 Å². The lowest BCUT2D eigenvalue weighted by atomic mass is 9.79. The van der Waals surface area contributed by atoms with Crippen LogP contribution in [0.2, 0.25) is 0 Å². The molecule has 3 N–H and O–H groups in total. The van der Waals surface area contributed by atoms with Gasteiger partial charge in [0.25, 0.3) is 0 Å². The summed E-state index contributed by atoms with van der Waals surface area (Å²) in [6.45, 7) is 3.42. The lowest BCUT2D eigenvalue weighted by molar-refractivity contribution is -0.165. The van der Waals surface area contributed by atoms with Gasteiger partial charge in [0.1, 0.15) is 6.61 Å². The van der Waals surface area contributed by atoms with E-state index in [1.165, 1.54) is 0 Å². The molecule has 19 heavy (non-hydrogen) atoms. The zero-order chi connectivity index (χ0) is 14.5. The van der Waals surface area contributed by atoms with Crippen LogP contribution in [0.3, 0.4) is 0 Å². The smallest absolute Gasteiger partial charge is 0.321 e. The molecule has 1 atom stereocenters. The zero-order valence-electron chi connectivity index (χ0n) is 11.1. The van der Waals surface area contributed by atoms with Crippen molar-refractivity contribution in [2.45, 2.75) is 20.5 Å². The highest BCUT2D eigenvalue weighted by Gasteiger charge is 2.41. The van der Waals surface area contributed by atoms with Gasteiger partial charge >= 0.3 is 11.9 Å². The molecule has 104 valence electrons. The fourth-order valence-corrected chi connectivity index (χ4v) is 1.68. The number of hydrogen-bond donors (Lipinski definition) is 2. The van der Waals surface area contributed by atoms with E-state index in [9.17, 15) is 9.59 Å². The molecule has 1 aromatic rings. The molecule has 5 nitrogen and oxygen atoms in total. The molecular formula is C14H19NO4. The standard InChI is InChI=1S/C14H19NO4/c1-14(2,9-15)11(12(16)17)13(18)19-8-10-6-4-3-5-7-10/h3-7,11H,8-9,15H2,1-2H3,(H,16,17). The van der Waals surface area contributed by atoms with E-state index in [0.29, 0.717) is 0 Å². The maximum absolute atomic E-state index is 11.9. The largest absolute Gasteiger partial charge is 0.481 e. The third-order valence-corrected chi connectivity index (χ3v) is 3.01. The van der Waals surface area contributed by atoms with E-state index < -0.39 is 23.3 Å². The number of nitrogens with two attached hydrogens (primary N) is 1. The molecule has 0 saturated heterocycles. The molecule has 1 unspecified atom stereocenters. The average Bonchev–Trinajstić information content (AvgIpc) is 2.37. The highest BCUT2D eigenvalue weighted by Crippen LogP contribution is 2.27. The van der Waals surface area contributed by atoms with Crippen LogP contribution in [-0.4, -0.2) is 23.6 Å². The van der Waals surface area contributed by atoms with Crippen LogP contribution >= 0.6 is 0 Å². The summed E-state index contributed by atoms with van der Waals surface area (Å²) in [5.41, 5.74) is 5.48. The van der Waals surface area contributed by atoms with Crippen molar-refractivity contribution in [1.82, 2.24) is 0 Å². The Morgan fingerprint density at radius 3 is 2.37 bits per heavy atom. The summed E-state index contributed by atoms with van der Waals surface area (Å²) < 4.78 is 5.06. The summed E-state index contributed by atoms with van der Waals surface area (Å²) in [6.07, 6.45) is 0. The molecule has 0 aliphatic heterocycles. The molecule has 0 heterocycles. The number of aliphatic carboxylic acids is 1. The Hall–Kier alpha value is -1.88. The van der Waals surface area contributed by atoms with Gasteiger partial charge in [-0.05, 0) is 12.1 Å². The van der Waals surface area contributed by atoms with Crippen LogP contribution in [0.15, 0.2) is 30.3 Å². The maximum atomic E-state index is 11.9. The number of ether oxygens (including phenoxy) is 1. The highest BCUT2D eigenvalue weighted by molar-refractivity contribution is 5.94. The quantitative estimate of drug-likeness (QED) is 0.599. The third kappa shape index (κ3) is 4.06. The number of carbonyl (C=O) groups is 2. The van der Waals surface area contributed by atoms with E-state index >= 15 is 0 Å². The number of rotatable bonds is 6. The van der Waals surface area contributed by atoms with Crippen LogP contribution in [0.5, 0.6) is 0 Å². The van der Waals surface area contributed by atoms with Crippen molar-refractivity contribution in [3.05, 3.63) is 35.9 Å². The number of carbonyl (C=O) groups excluding carboxylic acids is 1. The Morgan fingerprint density at radius 2 is 1.89 bits per heavy atom. The lowest BCUT2D eigenvalue weighted by Gasteiger charge is -2.28. The van der Waals surface area contributed by atoms with Crippen molar-refractivity contribution in [2.75, 3.05) is 6.54 Å². The van der Waals surface area contributed by atoms with E-state index in [0.717, 1.165) is 5.56 Å².